The minimum Gasteiger partial charge on any atom is -0.481 e. The standard InChI is InChI=1S/C8H12N2O3/c1-6(4-9)5-10(2)7(11)3-8(12)13/h6H,3,5H2,1-2H3,(H,12,13). The molecule has 0 aliphatic carbocycles. The number of amides is 1. The van der Waals surface area contributed by atoms with Crippen molar-refractivity contribution in [3.8, 4) is 6.07 Å². The van der Waals surface area contributed by atoms with E-state index in [0.29, 0.717) is 0 Å². The van der Waals surface area contributed by atoms with Crippen molar-refractivity contribution >= 4 is 11.9 Å². The molecule has 0 aliphatic heterocycles. The Labute approximate surface area is 76.6 Å². The van der Waals surface area contributed by atoms with E-state index in [9.17, 15) is 9.59 Å². The van der Waals surface area contributed by atoms with Crippen molar-refractivity contribution in [2.24, 2.45) is 5.92 Å². The van der Waals surface area contributed by atoms with E-state index in [-0.39, 0.29) is 12.5 Å². The van der Waals surface area contributed by atoms with Crippen molar-refractivity contribution in [3.63, 3.8) is 0 Å². The van der Waals surface area contributed by atoms with Crippen LogP contribution in [0.2, 0.25) is 0 Å². The van der Waals surface area contributed by atoms with Crippen LogP contribution in [-0.2, 0) is 9.59 Å². The fourth-order valence-electron chi connectivity index (χ4n) is 0.818. The number of carbonyl (C=O) groups is 2. The van der Waals surface area contributed by atoms with Crippen molar-refractivity contribution in [2.45, 2.75) is 13.3 Å². The Morgan fingerprint density at radius 3 is 2.54 bits per heavy atom. The van der Waals surface area contributed by atoms with E-state index in [4.69, 9.17) is 10.4 Å². The van der Waals surface area contributed by atoms with Gasteiger partial charge in [-0.25, -0.2) is 0 Å². The van der Waals surface area contributed by atoms with Gasteiger partial charge in [0.2, 0.25) is 5.91 Å². The summed E-state index contributed by atoms with van der Waals surface area (Å²) in [6, 6.07) is 1.96. The zero-order valence-electron chi connectivity index (χ0n) is 7.65. The molecule has 0 saturated carbocycles. The summed E-state index contributed by atoms with van der Waals surface area (Å²) in [6.07, 6.45) is -0.519. The van der Waals surface area contributed by atoms with Gasteiger partial charge < -0.3 is 10.0 Å². The molecule has 1 amide bonds. The molecule has 1 atom stereocenters. The second kappa shape index (κ2) is 5.14. The van der Waals surface area contributed by atoms with Crippen molar-refractivity contribution in [1.82, 2.24) is 4.90 Å². The SMILES string of the molecule is CC(C#N)CN(C)C(=O)CC(=O)O. The molecule has 5 heteroatoms. The third-order valence-corrected chi connectivity index (χ3v) is 1.50. The Morgan fingerprint density at radius 1 is 1.62 bits per heavy atom. The van der Waals surface area contributed by atoms with Gasteiger partial charge >= 0.3 is 5.97 Å². The van der Waals surface area contributed by atoms with Crippen molar-refractivity contribution in [2.75, 3.05) is 13.6 Å². The molecule has 0 spiro atoms. The lowest BCUT2D eigenvalue weighted by Gasteiger charge is -2.16. The fourth-order valence-corrected chi connectivity index (χ4v) is 0.818. The van der Waals surface area contributed by atoms with E-state index in [1.54, 1.807) is 6.92 Å². The number of nitrogens with zero attached hydrogens (tertiary/aromatic N) is 2. The largest absolute Gasteiger partial charge is 0.481 e. The second-order valence-corrected chi connectivity index (χ2v) is 2.87. The number of nitriles is 1. The molecule has 0 rings (SSSR count). The summed E-state index contributed by atoms with van der Waals surface area (Å²) in [6.45, 7) is 1.94. The summed E-state index contributed by atoms with van der Waals surface area (Å²) in [4.78, 5) is 22.4. The summed E-state index contributed by atoms with van der Waals surface area (Å²) in [5.41, 5.74) is 0. The smallest absolute Gasteiger partial charge is 0.312 e. The van der Waals surface area contributed by atoms with Gasteiger partial charge in [0.15, 0.2) is 0 Å². The van der Waals surface area contributed by atoms with Crippen molar-refractivity contribution < 1.29 is 14.7 Å². The predicted octanol–water partition coefficient (Wildman–Crippen LogP) is 0.0792. The topological polar surface area (TPSA) is 81.4 Å². The highest BCUT2D eigenvalue weighted by Gasteiger charge is 2.14. The summed E-state index contributed by atoms with van der Waals surface area (Å²) in [5.74, 6) is -1.90. The van der Waals surface area contributed by atoms with E-state index >= 15 is 0 Å². The first kappa shape index (κ1) is 11.4. The average Bonchev–Trinajstić information content (AvgIpc) is 2.02. The number of carboxylic acid groups (broad SMARTS) is 1. The molecule has 0 fully saturated rings. The van der Waals surface area contributed by atoms with Crippen LogP contribution in [-0.4, -0.2) is 35.5 Å². The quantitative estimate of drug-likeness (QED) is 0.627. The number of hydrogen-bond donors (Lipinski definition) is 1. The van der Waals surface area contributed by atoms with Gasteiger partial charge in [-0.2, -0.15) is 5.26 Å². The van der Waals surface area contributed by atoms with Crippen molar-refractivity contribution in [1.29, 1.82) is 5.26 Å². The monoisotopic (exact) mass is 184 g/mol. The van der Waals surface area contributed by atoms with Crippen LogP contribution < -0.4 is 0 Å². The van der Waals surface area contributed by atoms with E-state index in [2.05, 4.69) is 0 Å². The maximum atomic E-state index is 11.0. The van der Waals surface area contributed by atoms with E-state index in [0.717, 1.165) is 0 Å². The highest BCUT2D eigenvalue weighted by Crippen LogP contribution is 1.98. The minimum atomic E-state index is -1.15. The lowest BCUT2D eigenvalue weighted by Crippen LogP contribution is -2.31. The highest BCUT2D eigenvalue weighted by atomic mass is 16.4. The van der Waals surface area contributed by atoms with Gasteiger partial charge in [-0.1, -0.05) is 0 Å². The zero-order chi connectivity index (χ0) is 10.4. The predicted molar refractivity (Wildman–Crippen MR) is 44.7 cm³/mol. The molecule has 0 aromatic heterocycles. The van der Waals surface area contributed by atoms with Crippen LogP contribution >= 0.6 is 0 Å². The maximum Gasteiger partial charge on any atom is 0.312 e. The summed E-state index contributed by atoms with van der Waals surface area (Å²) >= 11 is 0. The molecular weight excluding hydrogens is 172 g/mol. The Kier molecular flexibility index (Phi) is 4.52. The number of aliphatic carboxylic acids is 1. The number of carbonyl (C=O) groups excluding carboxylic acids is 1. The summed E-state index contributed by atoms with van der Waals surface area (Å²) < 4.78 is 0. The van der Waals surface area contributed by atoms with Gasteiger partial charge in [0.25, 0.3) is 0 Å². The number of hydrogen-bond acceptors (Lipinski definition) is 3. The van der Waals surface area contributed by atoms with Crippen LogP contribution in [0.4, 0.5) is 0 Å². The molecule has 5 nitrogen and oxygen atoms in total. The first-order chi connectivity index (χ1) is 5.97. The normalized spacial score (nSPS) is 11.5. The van der Waals surface area contributed by atoms with Crippen LogP contribution in [0.15, 0.2) is 0 Å². The van der Waals surface area contributed by atoms with Crippen LogP contribution in [0.25, 0.3) is 0 Å². The molecule has 0 heterocycles. The van der Waals surface area contributed by atoms with Gasteiger partial charge in [0.1, 0.15) is 6.42 Å². The third-order valence-electron chi connectivity index (χ3n) is 1.50. The lowest BCUT2D eigenvalue weighted by atomic mass is 10.2. The zero-order valence-corrected chi connectivity index (χ0v) is 7.65. The third kappa shape index (κ3) is 4.80. The molecule has 0 radical (unpaired) electrons. The summed E-state index contributed by atoms with van der Waals surface area (Å²) in [7, 11) is 1.49. The average molecular weight is 184 g/mol. The van der Waals surface area contributed by atoms with Gasteiger partial charge in [-0.05, 0) is 6.92 Å². The van der Waals surface area contributed by atoms with Crippen LogP contribution in [0.1, 0.15) is 13.3 Å². The fraction of sp³-hybridized carbons (Fsp3) is 0.625. The number of carboxylic acids is 1. The molecule has 72 valence electrons. The molecule has 0 aromatic carbocycles. The van der Waals surface area contributed by atoms with Crippen LogP contribution in [0.3, 0.4) is 0 Å². The Bertz CT molecular complexity index is 244. The molecule has 1 unspecified atom stereocenters. The molecule has 1 N–H and O–H groups in total. The Hall–Kier alpha value is -1.57. The van der Waals surface area contributed by atoms with E-state index in [1.165, 1.54) is 11.9 Å². The first-order valence-electron chi connectivity index (χ1n) is 3.82. The molecule has 0 saturated heterocycles. The summed E-state index contributed by atoms with van der Waals surface area (Å²) in [5, 5.41) is 16.8. The van der Waals surface area contributed by atoms with Crippen molar-refractivity contribution in [3.05, 3.63) is 0 Å². The highest BCUT2D eigenvalue weighted by molar-refractivity contribution is 5.93. The van der Waals surface area contributed by atoms with E-state index in [1.807, 2.05) is 6.07 Å². The minimum absolute atomic E-state index is 0.266. The van der Waals surface area contributed by atoms with Crippen LogP contribution in [0, 0.1) is 17.2 Å². The van der Waals surface area contributed by atoms with Gasteiger partial charge in [0.05, 0.1) is 12.0 Å². The number of rotatable bonds is 4. The molecule has 0 bridgehead atoms. The first-order valence-corrected chi connectivity index (χ1v) is 3.82. The van der Waals surface area contributed by atoms with Gasteiger partial charge in [0, 0.05) is 13.6 Å². The lowest BCUT2D eigenvalue weighted by molar-refractivity contribution is -0.143. The molecular formula is C8H12N2O3. The second-order valence-electron chi connectivity index (χ2n) is 2.87. The Morgan fingerprint density at radius 2 is 2.15 bits per heavy atom. The maximum absolute atomic E-state index is 11.0. The van der Waals surface area contributed by atoms with E-state index < -0.39 is 18.3 Å². The van der Waals surface area contributed by atoms with Gasteiger partial charge in [-0.15, -0.1) is 0 Å². The molecule has 0 aliphatic rings. The Balaban J connectivity index is 3.98. The molecule has 0 aromatic rings. The van der Waals surface area contributed by atoms with Gasteiger partial charge in [-0.3, -0.25) is 9.59 Å². The van der Waals surface area contributed by atoms with Crippen LogP contribution in [0.5, 0.6) is 0 Å². The molecule has 13 heavy (non-hydrogen) atoms.